The van der Waals surface area contributed by atoms with Gasteiger partial charge in [-0.05, 0) is 180 Å². The van der Waals surface area contributed by atoms with E-state index in [2.05, 4.69) is 371 Å². The maximum atomic E-state index is 13.0. The Balaban J connectivity index is 0.000000287. The molecule has 26 nitrogen and oxygen atoms in total. The summed E-state index contributed by atoms with van der Waals surface area (Å²) in [6.45, 7) is 9.47. The van der Waals surface area contributed by atoms with Crippen LogP contribution in [0.4, 0.5) is 35.1 Å². The highest BCUT2D eigenvalue weighted by atomic mass is 32.2. The van der Waals surface area contributed by atoms with Gasteiger partial charge in [-0.1, -0.05) is 208 Å². The smallest absolute Gasteiger partial charge is 0.367 e. The lowest BCUT2D eigenvalue weighted by Gasteiger charge is -2.27. The number of ether oxygens (including phenoxy) is 7. The highest BCUT2D eigenvalue weighted by molar-refractivity contribution is 7.98. The van der Waals surface area contributed by atoms with E-state index in [-0.39, 0.29) is 72.9 Å². The van der Waals surface area contributed by atoms with E-state index in [1.54, 1.807) is 0 Å². The lowest BCUT2D eigenvalue weighted by molar-refractivity contribution is -0.160. The Labute approximate surface area is 825 Å². The van der Waals surface area contributed by atoms with Crippen LogP contribution in [0.1, 0.15) is 53.4 Å². The minimum Gasteiger partial charge on any atom is -0.743 e. The highest BCUT2D eigenvalue weighted by Crippen LogP contribution is 2.50. The molecule has 0 radical (unpaired) electrons. The number of esters is 7. The van der Waals surface area contributed by atoms with Crippen LogP contribution in [-0.2, 0) is 151 Å². The number of carbonyl (C=O) groups excluding carboxylic acids is 7. The van der Waals surface area contributed by atoms with Crippen molar-refractivity contribution in [3.63, 3.8) is 0 Å². The minimum atomic E-state index is -5.93. The summed E-state index contributed by atoms with van der Waals surface area (Å²) in [6.07, 6.45) is 4.84. The zero-order chi connectivity index (χ0) is 105. The van der Waals surface area contributed by atoms with Crippen molar-refractivity contribution in [3.8, 4) is 0 Å². The maximum Gasteiger partial charge on any atom is 0.367 e. The summed E-state index contributed by atoms with van der Waals surface area (Å²) >= 11 is 0. The first-order valence-corrected chi connectivity index (χ1v) is 52.9. The fourth-order valence-corrected chi connectivity index (χ4v) is 19.5. The normalized spacial score (nSPS) is 14.2. The van der Waals surface area contributed by atoms with Crippen molar-refractivity contribution < 1.29 is 154 Å². The zero-order valence-electron chi connectivity index (χ0n) is 76.5. The van der Waals surface area contributed by atoms with Crippen molar-refractivity contribution in [1.29, 1.82) is 0 Å². The van der Waals surface area contributed by atoms with Crippen molar-refractivity contribution >= 4 is 126 Å². The van der Waals surface area contributed by atoms with Crippen molar-refractivity contribution in [2.45, 2.75) is 129 Å². The number of hydrogen-bond donors (Lipinski definition) is 0. The van der Waals surface area contributed by atoms with Crippen LogP contribution in [0.25, 0.3) is 0 Å². The Morgan fingerprint density at radius 2 is 0.532 bits per heavy atom. The maximum absolute atomic E-state index is 13.0. The number of rotatable bonds is 33. The fraction of sp³-hybridized carbons (Fsp3) is 0.242. The summed E-state index contributed by atoms with van der Waals surface area (Å²) in [5.74, 6) is -8.00. The molecule has 0 saturated heterocycles. The van der Waals surface area contributed by atoms with Crippen LogP contribution in [-0.4, -0.2) is 173 Å². The standard InChI is InChI=1S/3C18H15S.C14H18F2O7S.C9H12F2O7S.C8H10F2O7S.C8H11S.C6H8F2O5S/c3*1-4-10-16(11-5-1)19(17-12-6-2-7-13-17)18-14-8-3-9-15-18;1-7(2)12(17)23-11-5-8-3-9(11)4-10(8)13(18)22-6-14(15,16)24(19,20)21;1-6(2)8(13)17-4-3-7(12)18-5-9(10,11)19(14,15)16;1-5(2)7(12)16-3-6(11)17-4-8(9,10)18(13,14)15;1-9(2)8-6-4-3-5-7-8;1-4(2)5(9)13-3-6(7,8)14(10,11)12/h3*1-15H;8-11H,1,3-6H2,2H3,(H,19,20,21);1,3-5H2,2H3,(H,14,15,16);1,3-4H2,2H3,(H,13,14,15);3-7H,1-2H3;1,3H2,2H3,(H,10,11,12)/q3*+1;;;;+1;/p-4. The number of carbonyl (C=O) groups is 7. The van der Waals surface area contributed by atoms with Crippen LogP contribution in [0.3, 0.4) is 0 Å². The average Bonchev–Trinajstić information content (AvgIpc) is 1.61. The van der Waals surface area contributed by atoms with Crippen molar-refractivity contribution in [2.75, 3.05) is 52.2 Å². The lowest BCUT2D eigenvalue weighted by Crippen LogP contribution is -2.37. The van der Waals surface area contributed by atoms with Crippen LogP contribution in [0.2, 0.25) is 0 Å². The summed E-state index contributed by atoms with van der Waals surface area (Å²) in [5.41, 5.74) is 0.131. The Bertz CT molecular complexity index is 5650. The van der Waals surface area contributed by atoms with E-state index in [4.69, 9.17) is 4.74 Å². The summed E-state index contributed by atoms with van der Waals surface area (Å²) < 4.78 is 252. The molecular weight excluding hydrogens is 2010 g/mol. The quantitative estimate of drug-likeness (QED) is 0.00920. The molecule has 2 saturated carbocycles. The van der Waals surface area contributed by atoms with E-state index >= 15 is 0 Å². The van der Waals surface area contributed by atoms with E-state index in [0.29, 0.717) is 30.2 Å². The molecule has 4 unspecified atom stereocenters. The van der Waals surface area contributed by atoms with E-state index in [1.807, 2.05) is 0 Å². The molecule has 756 valence electrons. The SMILES string of the molecule is C=C(C)C(=O)OC1CC2CC1CC2C(=O)OCC(F)(F)S(=O)(=O)[O-].C=C(C)C(=O)OCC(=O)OCC(F)(F)S(=O)(=O)[O-].C=C(C)C(=O)OCC(F)(F)S(=O)(=O)[O-].C=C(C)C(=O)OCCC(=O)OCC(F)(F)S(=O)(=O)[O-].C[S+](C)c1ccccc1.c1ccc([S+](c2ccccc2)c2ccccc2)cc1.c1ccc([S+](c2ccccc2)c2ccccc2)cc1.c1ccc([S+](c2ccccc2)c2ccccc2)cc1. The second-order valence-electron chi connectivity index (χ2n) is 30.1. The molecule has 141 heavy (non-hydrogen) atoms. The van der Waals surface area contributed by atoms with E-state index < -0.39 is 155 Å². The Morgan fingerprint density at radius 1 is 0.305 bits per heavy atom. The molecule has 4 atom stereocenters. The van der Waals surface area contributed by atoms with E-state index in [9.17, 15) is 121 Å². The predicted molar refractivity (Wildman–Crippen MR) is 511 cm³/mol. The Hall–Kier alpha value is -12.1. The van der Waals surface area contributed by atoms with Crippen LogP contribution < -0.4 is 0 Å². The van der Waals surface area contributed by atoms with Gasteiger partial charge in [0, 0.05) is 33.2 Å². The topological polar surface area (TPSA) is 413 Å². The third-order valence-corrected chi connectivity index (χ3v) is 30.0. The Morgan fingerprint density at radius 3 is 0.759 bits per heavy atom. The van der Waals surface area contributed by atoms with E-state index in [1.165, 1.54) is 76.6 Å². The molecule has 0 N–H and O–H groups in total. The molecule has 10 aromatic rings. The van der Waals surface area contributed by atoms with Crippen LogP contribution in [0, 0.1) is 17.8 Å². The number of benzene rings is 10. The van der Waals surface area contributed by atoms with Gasteiger partial charge in [-0.25, -0.2) is 57.6 Å². The van der Waals surface area contributed by atoms with E-state index in [0.717, 1.165) is 0 Å². The molecule has 2 aliphatic rings. The van der Waals surface area contributed by atoms with Crippen LogP contribution in [0.15, 0.2) is 401 Å². The number of hydrogen-bond acceptors (Lipinski definition) is 26. The van der Waals surface area contributed by atoms with Crippen molar-refractivity contribution in [1.82, 2.24) is 0 Å². The van der Waals surface area contributed by atoms with Gasteiger partial charge in [-0.3, -0.25) is 9.59 Å². The van der Waals surface area contributed by atoms with Gasteiger partial charge < -0.3 is 51.4 Å². The predicted octanol–water partition coefficient (Wildman–Crippen LogP) is 17.7. The van der Waals surface area contributed by atoms with Gasteiger partial charge in [0.2, 0.25) is 0 Å². The zero-order valence-corrected chi connectivity index (χ0v) is 83.0. The molecule has 0 spiro atoms. The van der Waals surface area contributed by atoms with Gasteiger partial charge in [0.25, 0.3) is 0 Å². The Kier molecular flexibility index (Phi) is 48.4. The third-order valence-electron chi connectivity index (χ3n) is 18.7. The first kappa shape index (κ1) is 119. The first-order chi connectivity index (χ1) is 66.1. The van der Waals surface area contributed by atoms with Crippen molar-refractivity contribution in [3.05, 3.63) is 352 Å². The second kappa shape index (κ2) is 57.1. The monoisotopic (exact) mass is 2110 g/mol. The number of alkyl halides is 8. The third kappa shape index (κ3) is 40.8. The van der Waals surface area contributed by atoms with Gasteiger partial charge in [0.15, 0.2) is 122 Å². The average molecular weight is 2110 g/mol. The molecule has 0 heterocycles. The van der Waals surface area contributed by atoms with Gasteiger partial charge in [-0.2, -0.15) is 35.1 Å². The minimum absolute atomic E-state index is 0.0146. The molecule has 12 rings (SSSR count). The molecule has 2 aliphatic carbocycles. The summed E-state index contributed by atoms with van der Waals surface area (Å²) in [4.78, 5) is 91.0. The van der Waals surface area contributed by atoms with Gasteiger partial charge in [0.1, 0.15) is 25.2 Å². The summed E-state index contributed by atoms with van der Waals surface area (Å²) in [7, 11) is -23.2. The highest BCUT2D eigenvalue weighted by Gasteiger charge is 2.52. The fourth-order valence-electron chi connectivity index (χ4n) is 11.7. The molecule has 10 aromatic carbocycles. The molecule has 0 amide bonds. The van der Waals surface area contributed by atoms with Crippen LogP contribution in [0.5, 0.6) is 0 Å². The van der Waals surface area contributed by atoms with Crippen LogP contribution >= 0.6 is 0 Å². The molecule has 2 fully saturated rings. The van der Waals surface area contributed by atoms with Crippen molar-refractivity contribution in [2.24, 2.45) is 17.8 Å². The molecule has 42 heteroatoms. The lowest BCUT2D eigenvalue weighted by atomic mass is 9.87. The molecular formula is C99H100F8O26S8. The summed E-state index contributed by atoms with van der Waals surface area (Å²) in [5, 5.41) is -18.7. The molecule has 0 aliphatic heterocycles. The molecule has 0 aromatic heterocycles. The second-order valence-corrected chi connectivity index (χ2v) is 44.3. The molecule has 2 bridgehead atoms. The first-order valence-electron chi connectivity index (χ1n) is 41.6. The van der Waals surface area contributed by atoms with Gasteiger partial charge in [-0.15, -0.1) is 0 Å². The van der Waals surface area contributed by atoms with Gasteiger partial charge >= 0.3 is 62.8 Å². The number of halogens is 8. The summed E-state index contributed by atoms with van der Waals surface area (Å²) in [6, 6.07) is 107. The largest absolute Gasteiger partial charge is 0.743 e. The number of fused-ring (bicyclic) bond motifs is 2. The van der Waals surface area contributed by atoms with Gasteiger partial charge in [0.05, 0.1) is 45.0 Å².